The highest BCUT2D eigenvalue weighted by atomic mass is 16.5. The first-order valence-corrected chi connectivity index (χ1v) is 5.35. The van der Waals surface area contributed by atoms with Gasteiger partial charge in [-0.25, -0.2) is 0 Å². The van der Waals surface area contributed by atoms with Gasteiger partial charge < -0.3 is 15.0 Å². The maximum absolute atomic E-state index is 11.7. The average molecular weight is 234 g/mol. The van der Waals surface area contributed by atoms with Crippen molar-refractivity contribution < 1.29 is 14.3 Å². The third-order valence-corrected chi connectivity index (χ3v) is 2.61. The van der Waals surface area contributed by atoms with Crippen LogP contribution in [0.4, 0.5) is 5.69 Å². The number of carbonyl (C=O) groups excluding carboxylic acids is 2. The predicted molar refractivity (Wildman–Crippen MR) is 62.4 cm³/mol. The van der Waals surface area contributed by atoms with Gasteiger partial charge in [-0.2, -0.15) is 0 Å². The maximum Gasteiger partial charge on any atom is 0.249 e. The monoisotopic (exact) mass is 234 g/mol. The fraction of sp³-hybridized carbons (Fsp3) is 0.333. The molecule has 1 aliphatic rings. The van der Waals surface area contributed by atoms with Crippen LogP contribution in [0.25, 0.3) is 0 Å². The van der Waals surface area contributed by atoms with Gasteiger partial charge in [0, 0.05) is 19.3 Å². The smallest absolute Gasteiger partial charge is 0.249 e. The number of benzene rings is 1. The van der Waals surface area contributed by atoms with E-state index in [9.17, 15) is 9.59 Å². The summed E-state index contributed by atoms with van der Waals surface area (Å²) in [5.74, 6) is -0.362. The van der Waals surface area contributed by atoms with Crippen molar-refractivity contribution in [2.45, 2.75) is 6.54 Å². The summed E-state index contributed by atoms with van der Waals surface area (Å²) in [6.07, 6.45) is 0. The second kappa shape index (κ2) is 4.97. The van der Waals surface area contributed by atoms with Gasteiger partial charge in [-0.1, -0.05) is 18.2 Å². The van der Waals surface area contributed by atoms with E-state index < -0.39 is 0 Å². The number of rotatable bonds is 2. The minimum absolute atomic E-state index is 0.00452. The van der Waals surface area contributed by atoms with Crippen molar-refractivity contribution in [1.82, 2.24) is 4.90 Å². The molecule has 17 heavy (non-hydrogen) atoms. The van der Waals surface area contributed by atoms with Crippen molar-refractivity contribution in [2.24, 2.45) is 0 Å². The zero-order chi connectivity index (χ0) is 12.3. The molecular weight excluding hydrogens is 220 g/mol. The van der Waals surface area contributed by atoms with Crippen LogP contribution in [-0.2, 0) is 20.9 Å². The Morgan fingerprint density at radius 2 is 2.18 bits per heavy atom. The SMILES string of the molecule is COCC(=O)N1CC(=O)Nc2ccccc2C1. The molecule has 5 heteroatoms. The van der Waals surface area contributed by atoms with Gasteiger partial charge in [0.15, 0.2) is 0 Å². The molecule has 2 amide bonds. The number of fused-ring (bicyclic) bond motifs is 1. The molecular formula is C12H14N2O3. The minimum Gasteiger partial charge on any atom is -0.375 e. The molecule has 1 heterocycles. The molecule has 0 saturated carbocycles. The molecule has 1 N–H and O–H groups in total. The summed E-state index contributed by atoms with van der Waals surface area (Å²) in [7, 11) is 1.46. The zero-order valence-corrected chi connectivity index (χ0v) is 9.60. The number of para-hydroxylation sites is 1. The molecule has 1 aliphatic heterocycles. The molecule has 90 valence electrons. The highest BCUT2D eigenvalue weighted by Crippen LogP contribution is 2.20. The highest BCUT2D eigenvalue weighted by Gasteiger charge is 2.22. The summed E-state index contributed by atoms with van der Waals surface area (Å²) in [4.78, 5) is 24.8. The Labute approximate surface area is 99.4 Å². The summed E-state index contributed by atoms with van der Waals surface area (Å²) in [5, 5.41) is 2.78. The van der Waals surface area contributed by atoms with E-state index in [0.29, 0.717) is 6.54 Å². The molecule has 0 saturated heterocycles. The van der Waals surface area contributed by atoms with Crippen LogP contribution in [0.3, 0.4) is 0 Å². The van der Waals surface area contributed by atoms with Crippen molar-refractivity contribution in [1.29, 1.82) is 0 Å². The van der Waals surface area contributed by atoms with Crippen molar-refractivity contribution in [3.63, 3.8) is 0 Å². The molecule has 2 rings (SSSR count). The Balaban J connectivity index is 2.23. The van der Waals surface area contributed by atoms with Crippen LogP contribution in [-0.4, -0.2) is 37.0 Å². The number of ether oxygens (including phenoxy) is 1. The number of hydrogen-bond acceptors (Lipinski definition) is 3. The van der Waals surface area contributed by atoms with Crippen LogP contribution in [0, 0.1) is 0 Å². The normalized spacial score (nSPS) is 14.9. The number of carbonyl (C=O) groups is 2. The molecule has 0 atom stereocenters. The second-order valence-electron chi connectivity index (χ2n) is 3.89. The highest BCUT2D eigenvalue weighted by molar-refractivity contribution is 5.96. The summed E-state index contributed by atoms with van der Waals surface area (Å²) < 4.78 is 4.80. The van der Waals surface area contributed by atoms with E-state index in [1.807, 2.05) is 24.3 Å². The van der Waals surface area contributed by atoms with E-state index in [4.69, 9.17) is 4.74 Å². The van der Waals surface area contributed by atoms with Crippen LogP contribution in [0.5, 0.6) is 0 Å². The standard InChI is InChI=1S/C12H14N2O3/c1-17-8-12(16)14-6-9-4-2-3-5-10(9)13-11(15)7-14/h2-5H,6-8H2,1H3,(H,13,15). The lowest BCUT2D eigenvalue weighted by Gasteiger charge is -2.18. The Morgan fingerprint density at radius 1 is 1.41 bits per heavy atom. The molecule has 0 spiro atoms. The molecule has 1 aromatic rings. The van der Waals surface area contributed by atoms with E-state index in [0.717, 1.165) is 11.3 Å². The summed E-state index contributed by atoms with van der Waals surface area (Å²) in [5.41, 5.74) is 1.70. The van der Waals surface area contributed by atoms with Crippen molar-refractivity contribution >= 4 is 17.5 Å². The van der Waals surface area contributed by atoms with Gasteiger partial charge in [0.1, 0.15) is 13.2 Å². The molecule has 5 nitrogen and oxygen atoms in total. The lowest BCUT2D eigenvalue weighted by molar-refractivity contribution is -0.138. The number of nitrogens with zero attached hydrogens (tertiary/aromatic N) is 1. The number of anilines is 1. The second-order valence-corrected chi connectivity index (χ2v) is 3.89. The van der Waals surface area contributed by atoms with Gasteiger partial charge in [-0.15, -0.1) is 0 Å². The van der Waals surface area contributed by atoms with E-state index in [1.165, 1.54) is 12.0 Å². The molecule has 0 aliphatic carbocycles. The number of nitrogens with one attached hydrogen (secondary N) is 1. The largest absolute Gasteiger partial charge is 0.375 e. The number of hydrogen-bond donors (Lipinski definition) is 1. The van der Waals surface area contributed by atoms with Gasteiger partial charge in [0.05, 0.1) is 0 Å². The predicted octanol–water partition coefficient (Wildman–Crippen LogP) is 0.614. The number of methoxy groups -OCH3 is 1. The first-order valence-electron chi connectivity index (χ1n) is 5.35. The lowest BCUT2D eigenvalue weighted by Crippen LogP contribution is -2.37. The van der Waals surface area contributed by atoms with Gasteiger partial charge >= 0.3 is 0 Å². The summed E-state index contributed by atoms with van der Waals surface area (Å²) in [6, 6.07) is 7.46. The Hall–Kier alpha value is -1.88. The van der Waals surface area contributed by atoms with E-state index in [-0.39, 0.29) is 25.0 Å². The molecule has 0 fully saturated rings. The van der Waals surface area contributed by atoms with Gasteiger partial charge in [0.2, 0.25) is 11.8 Å². The van der Waals surface area contributed by atoms with Crippen LogP contribution in [0.2, 0.25) is 0 Å². The molecule has 0 bridgehead atoms. The molecule has 0 radical (unpaired) electrons. The fourth-order valence-electron chi connectivity index (χ4n) is 1.80. The minimum atomic E-state index is -0.181. The first kappa shape index (κ1) is 11.6. The quantitative estimate of drug-likeness (QED) is 0.815. The maximum atomic E-state index is 11.7. The van der Waals surface area contributed by atoms with Gasteiger partial charge in [-0.3, -0.25) is 9.59 Å². The Kier molecular flexibility index (Phi) is 3.39. The van der Waals surface area contributed by atoms with E-state index in [2.05, 4.69) is 5.32 Å². The van der Waals surface area contributed by atoms with Gasteiger partial charge in [0.25, 0.3) is 0 Å². The van der Waals surface area contributed by atoms with E-state index >= 15 is 0 Å². The van der Waals surface area contributed by atoms with Crippen LogP contribution >= 0.6 is 0 Å². The molecule has 0 aromatic heterocycles. The fourth-order valence-corrected chi connectivity index (χ4v) is 1.80. The van der Waals surface area contributed by atoms with Crippen molar-refractivity contribution in [2.75, 3.05) is 25.6 Å². The average Bonchev–Trinajstić information content (AvgIpc) is 2.47. The van der Waals surface area contributed by atoms with Crippen LogP contribution < -0.4 is 5.32 Å². The van der Waals surface area contributed by atoms with E-state index in [1.54, 1.807) is 0 Å². The topological polar surface area (TPSA) is 58.6 Å². The number of amides is 2. The lowest BCUT2D eigenvalue weighted by atomic mass is 10.2. The summed E-state index contributed by atoms with van der Waals surface area (Å²) in [6.45, 7) is 0.490. The first-order chi connectivity index (χ1) is 8.20. The van der Waals surface area contributed by atoms with Crippen molar-refractivity contribution in [3.8, 4) is 0 Å². The van der Waals surface area contributed by atoms with Crippen molar-refractivity contribution in [3.05, 3.63) is 29.8 Å². The zero-order valence-electron chi connectivity index (χ0n) is 9.60. The summed E-state index contributed by atoms with van der Waals surface area (Å²) >= 11 is 0. The third kappa shape index (κ3) is 2.62. The van der Waals surface area contributed by atoms with Crippen LogP contribution in [0.1, 0.15) is 5.56 Å². The molecule has 0 unspecified atom stereocenters. The van der Waals surface area contributed by atoms with Crippen LogP contribution in [0.15, 0.2) is 24.3 Å². The molecule has 1 aromatic carbocycles. The Morgan fingerprint density at radius 3 is 2.94 bits per heavy atom. The van der Waals surface area contributed by atoms with Gasteiger partial charge in [-0.05, 0) is 11.6 Å². The third-order valence-electron chi connectivity index (χ3n) is 2.61. The Bertz CT molecular complexity index is 445.